The number of alkyl halides is 1. The van der Waals surface area contributed by atoms with Crippen LogP contribution in [0.25, 0.3) is 0 Å². The van der Waals surface area contributed by atoms with E-state index in [4.69, 9.17) is 17.0 Å². The monoisotopic (exact) mass is 182 g/mol. The SMILES string of the molecule is COC(=S)CCBr. The van der Waals surface area contributed by atoms with Crippen LogP contribution in [0.1, 0.15) is 6.42 Å². The Morgan fingerprint density at radius 3 is 2.57 bits per heavy atom. The lowest BCUT2D eigenvalue weighted by Gasteiger charge is -1.94. The average Bonchev–Trinajstić information content (AvgIpc) is 1.68. The molecule has 0 saturated heterocycles. The van der Waals surface area contributed by atoms with E-state index in [0.29, 0.717) is 5.05 Å². The molecule has 0 amide bonds. The predicted octanol–water partition coefficient (Wildman–Crippen LogP) is 1.75. The summed E-state index contributed by atoms with van der Waals surface area (Å²) >= 11 is 7.93. The Balaban J connectivity index is 3.00. The summed E-state index contributed by atoms with van der Waals surface area (Å²) in [5.74, 6) is 0. The topological polar surface area (TPSA) is 9.23 Å². The molecule has 0 N–H and O–H groups in total. The molecule has 42 valence electrons. The lowest BCUT2D eigenvalue weighted by atomic mass is 10.5. The summed E-state index contributed by atoms with van der Waals surface area (Å²) in [5, 5.41) is 1.55. The second-order valence-corrected chi connectivity index (χ2v) is 2.26. The molecular weight excluding hydrogens is 176 g/mol. The minimum atomic E-state index is 0.664. The van der Waals surface area contributed by atoms with E-state index in [0.717, 1.165) is 11.8 Å². The highest BCUT2D eigenvalue weighted by Crippen LogP contribution is 1.91. The van der Waals surface area contributed by atoms with Crippen molar-refractivity contribution in [1.82, 2.24) is 0 Å². The van der Waals surface area contributed by atoms with E-state index in [1.54, 1.807) is 7.11 Å². The van der Waals surface area contributed by atoms with Crippen molar-refractivity contribution in [3.8, 4) is 0 Å². The van der Waals surface area contributed by atoms with Crippen LogP contribution < -0.4 is 0 Å². The highest BCUT2D eigenvalue weighted by molar-refractivity contribution is 9.09. The maximum absolute atomic E-state index is 4.70. The van der Waals surface area contributed by atoms with E-state index < -0.39 is 0 Å². The van der Waals surface area contributed by atoms with Gasteiger partial charge in [0.15, 0.2) is 5.05 Å². The molecule has 0 unspecified atom stereocenters. The first-order valence-corrected chi connectivity index (χ1v) is 3.47. The van der Waals surface area contributed by atoms with Crippen LogP contribution in [-0.4, -0.2) is 17.5 Å². The van der Waals surface area contributed by atoms with Crippen molar-refractivity contribution in [2.24, 2.45) is 0 Å². The number of thiocarbonyl (C=S) groups is 1. The molecule has 0 rings (SSSR count). The second kappa shape index (κ2) is 4.53. The molecule has 0 saturated carbocycles. The Bertz CT molecular complexity index is 64.7. The Kier molecular flexibility index (Phi) is 4.77. The van der Waals surface area contributed by atoms with Crippen molar-refractivity contribution in [2.75, 3.05) is 12.4 Å². The minimum absolute atomic E-state index is 0.664. The van der Waals surface area contributed by atoms with Crippen LogP contribution in [0.5, 0.6) is 0 Å². The van der Waals surface area contributed by atoms with E-state index >= 15 is 0 Å². The molecule has 0 heterocycles. The zero-order valence-electron chi connectivity index (χ0n) is 4.11. The third kappa shape index (κ3) is 4.22. The average molecular weight is 183 g/mol. The summed E-state index contributed by atoms with van der Waals surface area (Å²) in [6, 6.07) is 0. The normalized spacial score (nSPS) is 8.29. The number of halogens is 1. The zero-order valence-corrected chi connectivity index (χ0v) is 6.51. The van der Waals surface area contributed by atoms with Crippen molar-refractivity contribution in [1.29, 1.82) is 0 Å². The first-order chi connectivity index (χ1) is 3.31. The van der Waals surface area contributed by atoms with Gasteiger partial charge in [-0.25, -0.2) is 0 Å². The summed E-state index contributed by atoms with van der Waals surface area (Å²) in [6.07, 6.45) is 0.825. The summed E-state index contributed by atoms with van der Waals surface area (Å²) in [7, 11) is 1.59. The Hall–Kier alpha value is 0.370. The van der Waals surface area contributed by atoms with Gasteiger partial charge in [-0.05, 0) is 12.2 Å². The summed E-state index contributed by atoms with van der Waals surface area (Å²) in [6.45, 7) is 0. The third-order valence-corrected chi connectivity index (χ3v) is 1.29. The van der Waals surface area contributed by atoms with Gasteiger partial charge in [-0.15, -0.1) is 0 Å². The fraction of sp³-hybridized carbons (Fsp3) is 0.750. The Morgan fingerprint density at radius 1 is 1.86 bits per heavy atom. The first-order valence-electron chi connectivity index (χ1n) is 1.94. The standard InChI is InChI=1S/C4H7BrOS/c1-6-4(7)2-3-5/h2-3H2,1H3. The van der Waals surface area contributed by atoms with E-state index in [-0.39, 0.29) is 0 Å². The van der Waals surface area contributed by atoms with Gasteiger partial charge in [-0.1, -0.05) is 15.9 Å². The molecule has 1 nitrogen and oxygen atoms in total. The molecule has 7 heavy (non-hydrogen) atoms. The maximum atomic E-state index is 4.70. The molecule has 0 aromatic heterocycles. The highest BCUT2D eigenvalue weighted by atomic mass is 79.9. The number of hydrogen-bond acceptors (Lipinski definition) is 2. The molecule has 0 atom stereocenters. The van der Waals surface area contributed by atoms with Gasteiger partial charge in [-0.2, -0.15) is 0 Å². The minimum Gasteiger partial charge on any atom is -0.490 e. The van der Waals surface area contributed by atoms with Gasteiger partial charge < -0.3 is 4.74 Å². The molecule has 0 aromatic rings. The van der Waals surface area contributed by atoms with Gasteiger partial charge >= 0.3 is 0 Å². The van der Waals surface area contributed by atoms with Crippen LogP contribution in [0, 0.1) is 0 Å². The fourth-order valence-electron chi connectivity index (χ4n) is 0.179. The molecule has 0 fully saturated rings. The van der Waals surface area contributed by atoms with Crippen LogP contribution in [0.4, 0.5) is 0 Å². The predicted molar refractivity (Wildman–Crippen MR) is 38.0 cm³/mol. The van der Waals surface area contributed by atoms with Crippen LogP contribution in [0.2, 0.25) is 0 Å². The van der Waals surface area contributed by atoms with Gasteiger partial charge in [0.25, 0.3) is 0 Å². The molecule has 0 aliphatic heterocycles. The van der Waals surface area contributed by atoms with E-state index in [9.17, 15) is 0 Å². The van der Waals surface area contributed by atoms with Crippen molar-refractivity contribution in [2.45, 2.75) is 6.42 Å². The lowest BCUT2D eigenvalue weighted by Crippen LogP contribution is -1.95. The van der Waals surface area contributed by atoms with Crippen LogP contribution in [0.15, 0.2) is 0 Å². The van der Waals surface area contributed by atoms with Crippen molar-refractivity contribution in [3.05, 3.63) is 0 Å². The molecule has 0 aliphatic carbocycles. The van der Waals surface area contributed by atoms with Crippen LogP contribution in [0.3, 0.4) is 0 Å². The van der Waals surface area contributed by atoms with Gasteiger partial charge in [0.05, 0.1) is 7.11 Å². The number of rotatable bonds is 2. The molecule has 0 radical (unpaired) electrons. The van der Waals surface area contributed by atoms with Gasteiger partial charge in [0.2, 0.25) is 0 Å². The van der Waals surface area contributed by atoms with E-state index in [2.05, 4.69) is 15.9 Å². The van der Waals surface area contributed by atoms with Crippen LogP contribution >= 0.6 is 28.1 Å². The summed E-state index contributed by atoms with van der Waals surface area (Å²) in [5.41, 5.74) is 0. The highest BCUT2D eigenvalue weighted by Gasteiger charge is 1.88. The summed E-state index contributed by atoms with van der Waals surface area (Å²) < 4.78 is 4.69. The summed E-state index contributed by atoms with van der Waals surface area (Å²) in [4.78, 5) is 0. The van der Waals surface area contributed by atoms with Crippen molar-refractivity contribution < 1.29 is 4.74 Å². The Labute approximate surface area is 57.2 Å². The lowest BCUT2D eigenvalue weighted by molar-refractivity contribution is 0.405. The second-order valence-electron chi connectivity index (χ2n) is 1.02. The van der Waals surface area contributed by atoms with Gasteiger partial charge in [0.1, 0.15) is 0 Å². The number of methoxy groups -OCH3 is 1. The van der Waals surface area contributed by atoms with Crippen molar-refractivity contribution in [3.63, 3.8) is 0 Å². The Morgan fingerprint density at radius 2 is 2.43 bits per heavy atom. The number of ether oxygens (including phenoxy) is 1. The maximum Gasteiger partial charge on any atom is 0.160 e. The van der Waals surface area contributed by atoms with E-state index in [1.807, 2.05) is 0 Å². The van der Waals surface area contributed by atoms with Crippen LogP contribution in [-0.2, 0) is 4.74 Å². The molecule has 0 bridgehead atoms. The fourth-order valence-corrected chi connectivity index (χ4v) is 0.904. The van der Waals surface area contributed by atoms with Gasteiger partial charge in [-0.3, -0.25) is 0 Å². The van der Waals surface area contributed by atoms with Gasteiger partial charge in [0, 0.05) is 11.8 Å². The first kappa shape index (κ1) is 7.37. The smallest absolute Gasteiger partial charge is 0.160 e. The van der Waals surface area contributed by atoms with Crippen molar-refractivity contribution >= 4 is 33.2 Å². The third-order valence-electron chi connectivity index (χ3n) is 0.526. The molecule has 0 spiro atoms. The molecule has 0 aromatic carbocycles. The largest absolute Gasteiger partial charge is 0.490 e. The molecule has 3 heteroatoms. The molecule has 0 aliphatic rings. The molecular formula is C4H7BrOS. The number of hydrogen-bond donors (Lipinski definition) is 0. The van der Waals surface area contributed by atoms with E-state index in [1.165, 1.54) is 0 Å². The quantitative estimate of drug-likeness (QED) is 0.476. The zero-order chi connectivity index (χ0) is 5.70.